The molecule has 2 unspecified atom stereocenters. The number of ketones is 3. The van der Waals surface area contributed by atoms with Crippen LogP contribution in [0.3, 0.4) is 0 Å². The molecule has 0 radical (unpaired) electrons. The van der Waals surface area contributed by atoms with E-state index < -0.39 is 17.3 Å². The van der Waals surface area contributed by atoms with Crippen LogP contribution >= 0.6 is 0 Å². The van der Waals surface area contributed by atoms with Gasteiger partial charge in [0.1, 0.15) is 22.7 Å². The van der Waals surface area contributed by atoms with E-state index in [4.69, 9.17) is 4.74 Å². The van der Waals surface area contributed by atoms with E-state index in [0.717, 1.165) is 85.9 Å². The van der Waals surface area contributed by atoms with Gasteiger partial charge in [0.25, 0.3) is 0 Å². The monoisotopic (exact) mass is 820 g/mol. The second-order valence-electron chi connectivity index (χ2n) is 16.4. The standard InChI is InChI=1S/C26H33FN2O2.C23H28N2O4/c1-2-24(30)15-9-20-7-12-22(13-8-20)26(31)18-23-14-16-25(29-28-23)21-10-5-19(6-11-21)4-3-17-27;1-3-4-8-21(26)23(22(27)28)15-6-5-7-18(23)20-14-13-19(24-25-20)16-9-11-17(29-2)12-10-16/h5-6,10-11,14,16,20,22H,2-4,7-9,12-13,15,17-18H2,1H3;9-14,18H,3-8,15H2,1-2H3,(H,27,28)/t20-,22-;. The summed E-state index contributed by atoms with van der Waals surface area (Å²) in [6, 6.07) is 22.9. The summed E-state index contributed by atoms with van der Waals surface area (Å²) >= 11 is 0. The number of unbranched alkanes of at least 4 members (excludes halogenated alkanes) is 1. The molecule has 0 aliphatic heterocycles. The number of hydrogen-bond acceptors (Lipinski definition) is 9. The van der Waals surface area contributed by atoms with Crippen LogP contribution in [0.2, 0.25) is 0 Å². The van der Waals surface area contributed by atoms with Crippen molar-refractivity contribution in [3.63, 3.8) is 0 Å². The molecule has 0 amide bonds. The highest BCUT2D eigenvalue weighted by Crippen LogP contribution is 2.49. The summed E-state index contributed by atoms with van der Waals surface area (Å²) in [6.45, 7) is 3.62. The normalized spacial score (nSPS) is 20.0. The van der Waals surface area contributed by atoms with Gasteiger partial charge in [0.15, 0.2) is 5.78 Å². The minimum absolute atomic E-state index is 0.108. The number of nitrogens with zero attached hydrogens (tertiary/aromatic N) is 4. The third-order valence-corrected chi connectivity index (χ3v) is 12.4. The summed E-state index contributed by atoms with van der Waals surface area (Å²) < 4.78 is 17.5. The van der Waals surface area contributed by atoms with Crippen molar-refractivity contribution in [2.75, 3.05) is 13.8 Å². The summed E-state index contributed by atoms with van der Waals surface area (Å²) in [5.74, 6) is 0.420. The topological polar surface area (TPSA) is 149 Å². The molecule has 2 aliphatic carbocycles. The van der Waals surface area contributed by atoms with Gasteiger partial charge in [-0.2, -0.15) is 20.4 Å². The van der Waals surface area contributed by atoms with Crippen molar-refractivity contribution in [1.82, 2.24) is 20.4 Å². The molecule has 320 valence electrons. The number of ether oxygens (including phenoxy) is 1. The molecule has 2 fully saturated rings. The Hall–Kier alpha value is -5.19. The maximum atomic E-state index is 13.0. The molecule has 11 heteroatoms. The van der Waals surface area contributed by atoms with Crippen LogP contribution in [-0.2, 0) is 32.0 Å². The number of carbonyl (C=O) groups is 4. The van der Waals surface area contributed by atoms with Crippen LogP contribution in [0.15, 0.2) is 72.8 Å². The summed E-state index contributed by atoms with van der Waals surface area (Å²) in [6.07, 6.45) is 12.3. The largest absolute Gasteiger partial charge is 0.497 e. The molecule has 1 N–H and O–H groups in total. The maximum absolute atomic E-state index is 13.0. The summed E-state index contributed by atoms with van der Waals surface area (Å²) in [4.78, 5) is 49.6. The Kier molecular flexibility index (Phi) is 17.6. The van der Waals surface area contributed by atoms with E-state index >= 15 is 0 Å². The van der Waals surface area contributed by atoms with Crippen molar-refractivity contribution in [3.05, 3.63) is 89.7 Å². The van der Waals surface area contributed by atoms with E-state index in [1.807, 2.05) is 86.6 Å². The lowest BCUT2D eigenvalue weighted by Crippen LogP contribution is -2.46. The van der Waals surface area contributed by atoms with E-state index in [1.54, 1.807) is 7.11 Å². The number of aryl methyl sites for hydroxylation is 1. The zero-order chi connectivity index (χ0) is 42.9. The zero-order valence-electron chi connectivity index (χ0n) is 35.5. The van der Waals surface area contributed by atoms with Gasteiger partial charge in [0, 0.05) is 42.2 Å². The average Bonchev–Trinajstić information content (AvgIpc) is 3.30. The zero-order valence-corrected chi connectivity index (χ0v) is 35.5. The third kappa shape index (κ3) is 12.2. The fourth-order valence-corrected chi connectivity index (χ4v) is 8.65. The number of carbonyl (C=O) groups excluding carboxylic acids is 3. The van der Waals surface area contributed by atoms with Crippen LogP contribution in [0.4, 0.5) is 4.39 Å². The number of aliphatic carboxylic acids is 1. The van der Waals surface area contributed by atoms with Gasteiger partial charge in [0.2, 0.25) is 0 Å². The lowest BCUT2D eigenvalue weighted by atomic mass is 9.62. The molecule has 4 aromatic rings. The summed E-state index contributed by atoms with van der Waals surface area (Å²) in [5, 5.41) is 27.4. The van der Waals surface area contributed by atoms with Gasteiger partial charge in [-0.05, 0) is 124 Å². The predicted molar refractivity (Wildman–Crippen MR) is 230 cm³/mol. The smallest absolute Gasteiger partial charge is 0.317 e. The lowest BCUT2D eigenvalue weighted by Gasteiger charge is -2.39. The quantitative estimate of drug-likeness (QED) is 0.0906. The highest BCUT2D eigenvalue weighted by Gasteiger charge is 2.53. The Bertz CT molecular complexity index is 1980. The first kappa shape index (κ1) is 45.9. The second-order valence-corrected chi connectivity index (χ2v) is 16.4. The Balaban J connectivity index is 0.000000228. The number of alkyl halides is 1. The fraction of sp³-hybridized carbons (Fsp3) is 0.510. The van der Waals surface area contributed by atoms with E-state index in [9.17, 15) is 28.7 Å². The molecule has 2 aromatic carbocycles. The SMILES string of the molecule is CCC(=O)CC[C@H]1CC[C@H](C(=O)Cc2ccc(-c3ccc(CCCF)cc3)nn2)CC1.CCCCC(=O)C1(C(=O)O)CCCCC1c1ccc(-c2ccc(OC)cc2)nn1. The first-order valence-electron chi connectivity index (χ1n) is 21.9. The van der Waals surface area contributed by atoms with Gasteiger partial charge >= 0.3 is 5.97 Å². The molecule has 0 bridgehead atoms. The molecule has 60 heavy (non-hydrogen) atoms. The van der Waals surface area contributed by atoms with Gasteiger partial charge in [-0.25, -0.2) is 0 Å². The van der Waals surface area contributed by atoms with Gasteiger partial charge in [-0.15, -0.1) is 0 Å². The minimum Gasteiger partial charge on any atom is -0.497 e. The number of hydrogen-bond donors (Lipinski definition) is 1. The molecule has 0 saturated heterocycles. The molecule has 10 nitrogen and oxygen atoms in total. The number of carboxylic acid groups (broad SMARTS) is 1. The first-order valence-corrected chi connectivity index (χ1v) is 21.9. The number of Topliss-reactive ketones (excluding diaryl/α,β-unsaturated/α-hetero) is 3. The van der Waals surface area contributed by atoms with Gasteiger partial charge in [0.05, 0.1) is 43.0 Å². The second kappa shape index (κ2) is 23.0. The van der Waals surface area contributed by atoms with Gasteiger partial charge in [-0.3, -0.25) is 23.6 Å². The van der Waals surface area contributed by atoms with Crippen LogP contribution < -0.4 is 4.74 Å². The van der Waals surface area contributed by atoms with Crippen LogP contribution in [0, 0.1) is 17.3 Å². The van der Waals surface area contributed by atoms with Crippen LogP contribution in [0.25, 0.3) is 22.5 Å². The molecule has 6 rings (SSSR count). The van der Waals surface area contributed by atoms with Crippen molar-refractivity contribution in [1.29, 1.82) is 0 Å². The predicted octanol–water partition coefficient (Wildman–Crippen LogP) is 10.4. The summed E-state index contributed by atoms with van der Waals surface area (Å²) in [7, 11) is 1.62. The minimum atomic E-state index is -1.39. The molecule has 2 aromatic heterocycles. The van der Waals surface area contributed by atoms with E-state index in [0.29, 0.717) is 80.1 Å². The molecular weight excluding hydrogens is 760 g/mol. The van der Waals surface area contributed by atoms with Crippen LogP contribution in [0.1, 0.15) is 133 Å². The van der Waals surface area contributed by atoms with Crippen molar-refractivity contribution in [2.45, 2.75) is 129 Å². The van der Waals surface area contributed by atoms with Crippen molar-refractivity contribution < 1.29 is 33.4 Å². The van der Waals surface area contributed by atoms with E-state index in [2.05, 4.69) is 20.4 Å². The van der Waals surface area contributed by atoms with Gasteiger partial charge < -0.3 is 9.84 Å². The third-order valence-electron chi connectivity index (χ3n) is 12.4. The van der Waals surface area contributed by atoms with E-state index in [-0.39, 0.29) is 24.2 Å². The Morgan fingerprint density at radius 1 is 0.767 bits per heavy atom. The number of carboxylic acids is 1. The van der Waals surface area contributed by atoms with Crippen LogP contribution in [0.5, 0.6) is 5.75 Å². The molecule has 2 atom stereocenters. The maximum Gasteiger partial charge on any atom is 0.317 e. The van der Waals surface area contributed by atoms with Crippen molar-refractivity contribution >= 4 is 23.3 Å². The highest BCUT2D eigenvalue weighted by molar-refractivity contribution is 6.04. The molecule has 2 heterocycles. The van der Waals surface area contributed by atoms with Gasteiger partial charge in [-0.1, -0.05) is 57.4 Å². The molecule has 2 saturated carbocycles. The lowest BCUT2D eigenvalue weighted by molar-refractivity contribution is -0.159. The highest BCUT2D eigenvalue weighted by atomic mass is 19.1. The molecular formula is C49H61FN4O6. The number of methoxy groups -OCH3 is 1. The molecule has 2 aliphatic rings. The number of halogens is 1. The Labute approximate surface area is 354 Å². The Morgan fingerprint density at radius 2 is 1.43 bits per heavy atom. The number of benzene rings is 2. The Morgan fingerprint density at radius 3 is 2.00 bits per heavy atom. The van der Waals surface area contributed by atoms with Crippen molar-refractivity contribution in [3.8, 4) is 28.3 Å². The molecule has 0 spiro atoms. The first-order chi connectivity index (χ1) is 29.1. The number of rotatable bonds is 19. The average molecular weight is 821 g/mol. The summed E-state index contributed by atoms with van der Waals surface area (Å²) in [5.41, 5.74) is 4.37. The fourth-order valence-electron chi connectivity index (χ4n) is 8.65. The van der Waals surface area contributed by atoms with E-state index in [1.165, 1.54) is 0 Å². The van der Waals surface area contributed by atoms with Crippen molar-refractivity contribution in [2.24, 2.45) is 17.3 Å². The number of aromatic nitrogens is 4. The van der Waals surface area contributed by atoms with Crippen LogP contribution in [-0.4, -0.2) is 62.6 Å².